The molecule has 1 unspecified atom stereocenters. The van der Waals surface area contributed by atoms with Crippen LogP contribution in [-0.4, -0.2) is 39.1 Å². The predicted molar refractivity (Wildman–Crippen MR) is 80.6 cm³/mol. The van der Waals surface area contributed by atoms with E-state index in [0.717, 1.165) is 28.8 Å². The minimum Gasteiger partial charge on any atom is -0.451 e. The van der Waals surface area contributed by atoms with Crippen LogP contribution in [0, 0.1) is 6.92 Å². The molecule has 1 atom stereocenters. The fourth-order valence-corrected chi connectivity index (χ4v) is 3.05. The zero-order valence-corrected chi connectivity index (χ0v) is 12.2. The van der Waals surface area contributed by atoms with Crippen LogP contribution in [0.5, 0.6) is 0 Å². The van der Waals surface area contributed by atoms with Crippen molar-refractivity contribution < 1.29 is 9.21 Å². The van der Waals surface area contributed by atoms with Gasteiger partial charge in [-0.2, -0.15) is 5.10 Å². The fraction of sp³-hybridized carbons (Fsp3) is 0.312. The third kappa shape index (κ3) is 2.07. The molecule has 1 fully saturated rings. The summed E-state index contributed by atoms with van der Waals surface area (Å²) < 4.78 is 5.72. The number of rotatable bonds is 2. The lowest BCUT2D eigenvalue weighted by Gasteiger charge is -2.14. The number of amides is 1. The number of carbonyl (C=O) groups is 1. The molecule has 0 bridgehead atoms. The van der Waals surface area contributed by atoms with Crippen molar-refractivity contribution >= 4 is 16.9 Å². The second-order valence-corrected chi connectivity index (χ2v) is 5.70. The van der Waals surface area contributed by atoms with Gasteiger partial charge in [0.2, 0.25) is 0 Å². The van der Waals surface area contributed by atoms with Crippen molar-refractivity contribution in [3.05, 3.63) is 47.7 Å². The van der Waals surface area contributed by atoms with Crippen LogP contribution in [0.15, 0.2) is 35.0 Å². The van der Waals surface area contributed by atoms with E-state index in [9.17, 15) is 4.79 Å². The summed E-state index contributed by atoms with van der Waals surface area (Å²) in [4.78, 5) is 18.6. The molecule has 0 saturated carbocycles. The lowest BCUT2D eigenvalue weighted by molar-refractivity contribution is 0.0761. The number of nitrogens with zero attached hydrogens (tertiary/aromatic N) is 3. The molecule has 1 amide bonds. The molecular formula is C16H16N4O2. The smallest absolute Gasteiger partial charge is 0.289 e. The molecule has 1 saturated heterocycles. The van der Waals surface area contributed by atoms with Gasteiger partial charge in [-0.05, 0) is 31.0 Å². The second-order valence-electron chi connectivity index (χ2n) is 5.70. The maximum atomic E-state index is 12.6. The maximum Gasteiger partial charge on any atom is 0.289 e. The molecule has 22 heavy (non-hydrogen) atoms. The van der Waals surface area contributed by atoms with Gasteiger partial charge in [0.25, 0.3) is 5.91 Å². The molecule has 0 radical (unpaired) electrons. The van der Waals surface area contributed by atoms with E-state index in [-0.39, 0.29) is 11.8 Å². The van der Waals surface area contributed by atoms with Gasteiger partial charge in [-0.1, -0.05) is 12.1 Å². The van der Waals surface area contributed by atoms with Crippen molar-refractivity contribution in [1.29, 1.82) is 0 Å². The molecule has 2 aromatic heterocycles. The van der Waals surface area contributed by atoms with E-state index in [4.69, 9.17) is 4.42 Å². The largest absolute Gasteiger partial charge is 0.451 e. The molecule has 6 nitrogen and oxygen atoms in total. The first-order valence-electron chi connectivity index (χ1n) is 7.36. The predicted octanol–water partition coefficient (Wildman–Crippen LogP) is 2.49. The number of hydrogen-bond donors (Lipinski definition) is 1. The quantitative estimate of drug-likeness (QED) is 0.788. The van der Waals surface area contributed by atoms with Crippen LogP contribution < -0.4 is 0 Å². The van der Waals surface area contributed by atoms with E-state index in [0.29, 0.717) is 18.8 Å². The summed E-state index contributed by atoms with van der Waals surface area (Å²) in [5.74, 6) is 1.41. The maximum absolute atomic E-state index is 12.6. The van der Waals surface area contributed by atoms with Crippen molar-refractivity contribution in [2.75, 3.05) is 13.1 Å². The number of carbonyl (C=O) groups excluding carboxylic acids is 1. The van der Waals surface area contributed by atoms with Gasteiger partial charge in [-0.3, -0.25) is 9.89 Å². The number of furan rings is 1. The number of benzene rings is 1. The fourth-order valence-electron chi connectivity index (χ4n) is 3.05. The van der Waals surface area contributed by atoms with Crippen molar-refractivity contribution in [1.82, 2.24) is 20.1 Å². The molecule has 1 aliphatic rings. The van der Waals surface area contributed by atoms with Crippen LogP contribution in [0.2, 0.25) is 0 Å². The zero-order valence-electron chi connectivity index (χ0n) is 12.2. The molecule has 1 N–H and O–H groups in total. The molecule has 3 aromatic rings. The average Bonchev–Trinajstić information content (AvgIpc) is 3.25. The zero-order chi connectivity index (χ0) is 15.1. The Balaban J connectivity index is 1.57. The molecule has 4 rings (SSSR count). The molecule has 3 heterocycles. The molecule has 6 heteroatoms. The van der Waals surface area contributed by atoms with Gasteiger partial charge in [-0.15, -0.1) is 0 Å². The van der Waals surface area contributed by atoms with Crippen LogP contribution in [0.1, 0.15) is 34.3 Å². The van der Waals surface area contributed by atoms with E-state index in [2.05, 4.69) is 15.2 Å². The van der Waals surface area contributed by atoms with Crippen molar-refractivity contribution in [3.8, 4) is 0 Å². The number of aromatic amines is 1. The summed E-state index contributed by atoms with van der Waals surface area (Å²) in [6.07, 6.45) is 2.39. The summed E-state index contributed by atoms with van der Waals surface area (Å²) >= 11 is 0. The number of aromatic nitrogens is 3. The summed E-state index contributed by atoms with van der Waals surface area (Å²) in [6.45, 7) is 3.37. The molecule has 112 valence electrons. The van der Waals surface area contributed by atoms with Crippen molar-refractivity contribution in [3.63, 3.8) is 0 Å². The van der Waals surface area contributed by atoms with Gasteiger partial charge in [0.15, 0.2) is 5.76 Å². The molecule has 1 aliphatic heterocycles. The highest BCUT2D eigenvalue weighted by Crippen LogP contribution is 2.28. The van der Waals surface area contributed by atoms with Gasteiger partial charge >= 0.3 is 0 Å². The van der Waals surface area contributed by atoms with Crippen molar-refractivity contribution in [2.45, 2.75) is 19.3 Å². The van der Waals surface area contributed by atoms with Gasteiger partial charge < -0.3 is 9.32 Å². The van der Waals surface area contributed by atoms with Crippen LogP contribution in [0.4, 0.5) is 0 Å². The van der Waals surface area contributed by atoms with Crippen LogP contribution in [-0.2, 0) is 0 Å². The van der Waals surface area contributed by atoms with E-state index in [1.807, 2.05) is 36.1 Å². The molecule has 1 aromatic carbocycles. The Hall–Kier alpha value is -2.63. The highest BCUT2D eigenvalue weighted by Gasteiger charge is 2.31. The SMILES string of the molecule is Cc1cccc2oc(C(=O)N3CCC(c4ncn[nH]4)C3)cc12. The average molecular weight is 296 g/mol. The minimum atomic E-state index is -0.0578. The Bertz CT molecular complexity index is 822. The standard InChI is InChI=1S/C16H16N4O2/c1-10-3-2-4-13-12(10)7-14(22-13)16(21)20-6-5-11(8-20)15-17-9-18-19-15/h2-4,7,9,11H,5-6,8H2,1H3,(H,17,18,19). The lowest BCUT2D eigenvalue weighted by atomic mass is 10.1. The first-order chi connectivity index (χ1) is 10.7. The Morgan fingerprint density at radius 2 is 2.36 bits per heavy atom. The lowest BCUT2D eigenvalue weighted by Crippen LogP contribution is -2.28. The molecular weight excluding hydrogens is 280 g/mol. The summed E-state index contributed by atoms with van der Waals surface area (Å²) in [6, 6.07) is 7.68. The van der Waals surface area contributed by atoms with E-state index in [1.165, 1.54) is 6.33 Å². The third-order valence-corrected chi connectivity index (χ3v) is 4.29. The highest BCUT2D eigenvalue weighted by atomic mass is 16.3. The molecule has 0 aliphatic carbocycles. The van der Waals surface area contributed by atoms with Crippen LogP contribution in [0.25, 0.3) is 11.0 Å². The number of aryl methyl sites for hydroxylation is 1. The van der Waals surface area contributed by atoms with Gasteiger partial charge in [-0.25, -0.2) is 4.98 Å². The number of H-pyrrole nitrogens is 1. The Kier molecular flexibility index (Phi) is 2.96. The summed E-state index contributed by atoms with van der Waals surface area (Å²) in [5.41, 5.74) is 1.87. The molecule has 0 spiro atoms. The van der Waals surface area contributed by atoms with Gasteiger partial charge in [0.1, 0.15) is 17.7 Å². The second kappa shape index (κ2) is 4.98. The van der Waals surface area contributed by atoms with Crippen LogP contribution >= 0.6 is 0 Å². The highest BCUT2D eigenvalue weighted by molar-refractivity contribution is 5.97. The van der Waals surface area contributed by atoms with E-state index >= 15 is 0 Å². The topological polar surface area (TPSA) is 75.0 Å². The first-order valence-corrected chi connectivity index (χ1v) is 7.36. The summed E-state index contributed by atoms with van der Waals surface area (Å²) in [5, 5.41) is 7.76. The van der Waals surface area contributed by atoms with Gasteiger partial charge in [0.05, 0.1) is 0 Å². The van der Waals surface area contributed by atoms with E-state index < -0.39 is 0 Å². The monoisotopic (exact) mass is 296 g/mol. The number of hydrogen-bond acceptors (Lipinski definition) is 4. The van der Waals surface area contributed by atoms with Gasteiger partial charge in [0, 0.05) is 24.4 Å². The Labute approximate surface area is 127 Å². The first kappa shape index (κ1) is 13.1. The number of nitrogens with one attached hydrogen (secondary N) is 1. The Morgan fingerprint density at radius 1 is 1.45 bits per heavy atom. The number of likely N-dealkylation sites (tertiary alicyclic amines) is 1. The minimum absolute atomic E-state index is 0.0578. The summed E-state index contributed by atoms with van der Waals surface area (Å²) in [7, 11) is 0. The third-order valence-electron chi connectivity index (χ3n) is 4.29. The van der Waals surface area contributed by atoms with E-state index in [1.54, 1.807) is 0 Å². The van der Waals surface area contributed by atoms with Crippen LogP contribution in [0.3, 0.4) is 0 Å². The van der Waals surface area contributed by atoms with Crippen molar-refractivity contribution in [2.24, 2.45) is 0 Å². The normalized spacial score (nSPS) is 18.2. The number of fused-ring (bicyclic) bond motifs is 1. The Morgan fingerprint density at radius 3 is 3.14 bits per heavy atom.